The van der Waals surface area contributed by atoms with Crippen molar-refractivity contribution in [2.75, 3.05) is 0 Å². The van der Waals surface area contributed by atoms with Crippen molar-refractivity contribution < 1.29 is 5.11 Å². The lowest BCUT2D eigenvalue weighted by Gasteiger charge is -2.13. The lowest BCUT2D eigenvalue weighted by atomic mass is 9.93. The van der Waals surface area contributed by atoms with E-state index < -0.39 is 0 Å². The Morgan fingerprint density at radius 3 is 2.09 bits per heavy atom. The van der Waals surface area contributed by atoms with Crippen molar-refractivity contribution in [3.8, 4) is 0 Å². The van der Waals surface area contributed by atoms with Crippen LogP contribution in [0.3, 0.4) is 0 Å². The largest absolute Gasteiger partial charge is 0.389 e. The van der Waals surface area contributed by atoms with E-state index in [1.807, 2.05) is 6.08 Å². The van der Waals surface area contributed by atoms with Gasteiger partial charge in [-0.2, -0.15) is 0 Å². The Balaban J connectivity index is 3.75. The van der Waals surface area contributed by atoms with Crippen LogP contribution in [0.4, 0.5) is 0 Å². The molecule has 0 saturated carbocycles. The third-order valence-electron chi connectivity index (χ3n) is 2.23. The molecule has 0 aliphatic heterocycles. The maximum atomic E-state index is 8.97. The van der Waals surface area contributed by atoms with Gasteiger partial charge in [-0.1, -0.05) is 39.3 Å². The number of hydrogen-bond donors (Lipinski definition) is 1. The van der Waals surface area contributed by atoms with Crippen molar-refractivity contribution in [2.45, 2.75) is 40.2 Å². The van der Waals surface area contributed by atoms with Crippen molar-refractivity contribution >= 4 is 0 Å². The lowest BCUT2D eigenvalue weighted by molar-refractivity contribution is 0.242. The Morgan fingerprint density at radius 2 is 1.73 bits per heavy atom. The molecule has 0 spiro atoms. The van der Waals surface area contributed by atoms with Crippen molar-refractivity contribution in [2.24, 2.45) is 11.8 Å². The maximum absolute atomic E-state index is 8.97. The third kappa shape index (κ3) is 5.02. The molecule has 0 aromatic heterocycles. The monoisotopic (exact) mass is 156 g/mol. The van der Waals surface area contributed by atoms with Crippen LogP contribution in [0.5, 0.6) is 0 Å². The van der Waals surface area contributed by atoms with Gasteiger partial charge in [0.05, 0.1) is 6.10 Å². The van der Waals surface area contributed by atoms with E-state index in [9.17, 15) is 0 Å². The molecule has 1 nitrogen and oxygen atoms in total. The summed E-state index contributed by atoms with van der Waals surface area (Å²) in [5.41, 5.74) is 0. The molecule has 0 saturated heterocycles. The second-order valence-electron chi connectivity index (χ2n) is 3.37. The minimum Gasteiger partial charge on any atom is -0.389 e. The Hall–Kier alpha value is -0.300. The molecule has 11 heavy (non-hydrogen) atoms. The molecule has 0 aliphatic carbocycles. The first-order chi connectivity index (χ1) is 5.07. The molecule has 0 fully saturated rings. The van der Waals surface area contributed by atoms with E-state index >= 15 is 0 Å². The number of rotatable bonds is 4. The zero-order valence-electron chi connectivity index (χ0n) is 8.04. The minimum absolute atomic E-state index is 0.304. The average Bonchev–Trinajstić information content (AvgIpc) is 1.98. The highest BCUT2D eigenvalue weighted by atomic mass is 16.3. The topological polar surface area (TPSA) is 20.2 Å². The Morgan fingerprint density at radius 1 is 1.18 bits per heavy atom. The molecule has 0 radical (unpaired) electrons. The predicted molar refractivity (Wildman–Crippen MR) is 49.4 cm³/mol. The van der Waals surface area contributed by atoms with Crippen LogP contribution in [0.1, 0.15) is 34.1 Å². The van der Waals surface area contributed by atoms with Crippen molar-refractivity contribution in [3.63, 3.8) is 0 Å². The molecule has 0 aromatic rings. The summed E-state index contributed by atoms with van der Waals surface area (Å²) in [5, 5.41) is 8.97. The first kappa shape index (κ1) is 10.7. The van der Waals surface area contributed by atoms with Crippen molar-refractivity contribution in [1.82, 2.24) is 0 Å². The van der Waals surface area contributed by atoms with E-state index in [1.165, 1.54) is 6.42 Å². The second-order valence-corrected chi connectivity index (χ2v) is 3.37. The average molecular weight is 156 g/mol. The number of aliphatic hydroxyl groups is 1. The molecule has 0 amide bonds. The molecule has 66 valence electrons. The van der Waals surface area contributed by atoms with E-state index in [0.717, 1.165) is 0 Å². The van der Waals surface area contributed by atoms with Gasteiger partial charge in [0.25, 0.3) is 0 Å². The van der Waals surface area contributed by atoms with Crippen LogP contribution >= 0.6 is 0 Å². The first-order valence-electron chi connectivity index (χ1n) is 4.44. The second kappa shape index (κ2) is 5.36. The van der Waals surface area contributed by atoms with Gasteiger partial charge < -0.3 is 5.11 Å². The van der Waals surface area contributed by atoms with Gasteiger partial charge >= 0.3 is 0 Å². The number of aliphatic hydroxyl groups excluding tert-OH is 1. The summed E-state index contributed by atoms with van der Waals surface area (Å²) < 4.78 is 0. The molecule has 1 heteroatoms. The van der Waals surface area contributed by atoms with Crippen LogP contribution in [0.2, 0.25) is 0 Å². The van der Waals surface area contributed by atoms with Gasteiger partial charge in [0.15, 0.2) is 0 Å². The van der Waals surface area contributed by atoms with Crippen LogP contribution in [-0.4, -0.2) is 11.2 Å². The fourth-order valence-electron chi connectivity index (χ4n) is 0.898. The molecule has 0 rings (SSSR count). The van der Waals surface area contributed by atoms with E-state index in [0.29, 0.717) is 11.8 Å². The quantitative estimate of drug-likeness (QED) is 0.620. The van der Waals surface area contributed by atoms with Gasteiger partial charge in [0.1, 0.15) is 0 Å². The molecule has 0 aliphatic rings. The van der Waals surface area contributed by atoms with Gasteiger partial charge in [0, 0.05) is 0 Å². The van der Waals surface area contributed by atoms with E-state index in [4.69, 9.17) is 5.11 Å². The van der Waals surface area contributed by atoms with Crippen molar-refractivity contribution in [3.05, 3.63) is 12.2 Å². The smallest absolute Gasteiger partial charge is 0.0692 e. The van der Waals surface area contributed by atoms with Gasteiger partial charge in [-0.05, 0) is 18.8 Å². The van der Waals surface area contributed by atoms with E-state index in [-0.39, 0.29) is 6.10 Å². The molecule has 3 atom stereocenters. The number of allylic oxidation sites excluding steroid dienone is 1. The Kier molecular flexibility index (Phi) is 5.22. The molecular weight excluding hydrogens is 136 g/mol. The molecule has 0 bridgehead atoms. The summed E-state index contributed by atoms with van der Waals surface area (Å²) in [4.78, 5) is 0. The summed E-state index contributed by atoms with van der Waals surface area (Å²) in [6.07, 6.45) is 4.85. The zero-order chi connectivity index (χ0) is 8.85. The van der Waals surface area contributed by atoms with E-state index in [2.05, 4.69) is 26.8 Å². The summed E-state index contributed by atoms with van der Waals surface area (Å²) in [5.74, 6) is 1.29. The molecule has 1 N–H and O–H groups in total. The van der Waals surface area contributed by atoms with Crippen LogP contribution in [0.25, 0.3) is 0 Å². The Labute approximate surface area is 70.1 Å². The highest BCUT2D eigenvalue weighted by Crippen LogP contribution is 2.15. The highest BCUT2D eigenvalue weighted by Gasteiger charge is 2.05. The van der Waals surface area contributed by atoms with Crippen molar-refractivity contribution in [1.29, 1.82) is 0 Å². The molecule has 3 unspecified atom stereocenters. The summed E-state index contributed by atoms with van der Waals surface area (Å²) in [6, 6.07) is 0. The summed E-state index contributed by atoms with van der Waals surface area (Å²) in [6.45, 7) is 8.39. The standard InChI is InChI=1S/C10H20O/c1-5-8(2)9(3)6-7-10(4)11/h6-11H,5H2,1-4H3. The zero-order valence-corrected chi connectivity index (χ0v) is 8.04. The SMILES string of the molecule is CCC(C)C(C)C=CC(C)O. The third-order valence-corrected chi connectivity index (χ3v) is 2.23. The predicted octanol–water partition coefficient (Wildman–Crippen LogP) is 2.61. The summed E-state index contributed by atoms with van der Waals surface area (Å²) >= 11 is 0. The molecular formula is C10H20O. The first-order valence-corrected chi connectivity index (χ1v) is 4.44. The molecule has 0 heterocycles. The minimum atomic E-state index is -0.304. The fourth-order valence-corrected chi connectivity index (χ4v) is 0.898. The fraction of sp³-hybridized carbons (Fsp3) is 0.800. The lowest BCUT2D eigenvalue weighted by Crippen LogP contribution is -2.04. The van der Waals surface area contributed by atoms with Gasteiger partial charge in [-0.15, -0.1) is 0 Å². The highest BCUT2D eigenvalue weighted by molar-refractivity contribution is 4.91. The summed E-state index contributed by atoms with van der Waals surface area (Å²) in [7, 11) is 0. The van der Waals surface area contributed by atoms with Gasteiger partial charge in [-0.25, -0.2) is 0 Å². The van der Waals surface area contributed by atoms with Crippen LogP contribution in [-0.2, 0) is 0 Å². The normalized spacial score (nSPS) is 20.1. The van der Waals surface area contributed by atoms with Crippen LogP contribution in [0.15, 0.2) is 12.2 Å². The maximum Gasteiger partial charge on any atom is 0.0692 e. The van der Waals surface area contributed by atoms with Gasteiger partial charge in [0.2, 0.25) is 0 Å². The van der Waals surface area contributed by atoms with Gasteiger partial charge in [-0.3, -0.25) is 0 Å². The van der Waals surface area contributed by atoms with Crippen LogP contribution < -0.4 is 0 Å². The Bertz CT molecular complexity index is 116. The number of hydrogen-bond acceptors (Lipinski definition) is 1. The molecule has 0 aromatic carbocycles. The van der Waals surface area contributed by atoms with Crippen LogP contribution in [0, 0.1) is 11.8 Å². The van der Waals surface area contributed by atoms with E-state index in [1.54, 1.807) is 6.92 Å².